The quantitative estimate of drug-likeness (QED) is 0.751. The summed E-state index contributed by atoms with van der Waals surface area (Å²) in [5.74, 6) is 0.236. The van der Waals surface area contributed by atoms with Gasteiger partial charge < -0.3 is 5.32 Å². The number of halogens is 1. The summed E-state index contributed by atoms with van der Waals surface area (Å²) in [5.41, 5.74) is 0.724. The Balaban J connectivity index is 1.68. The zero-order valence-corrected chi connectivity index (χ0v) is 11.9. The molecular formula is C16H12FN5O. The fourth-order valence-corrected chi connectivity index (χ4v) is 1.86. The Hall–Kier alpha value is -3.35. The van der Waals surface area contributed by atoms with Gasteiger partial charge in [-0.2, -0.15) is 5.10 Å². The van der Waals surface area contributed by atoms with Crippen LogP contribution in [0, 0.1) is 5.82 Å². The van der Waals surface area contributed by atoms with Gasteiger partial charge in [0.05, 0.1) is 0 Å². The van der Waals surface area contributed by atoms with Gasteiger partial charge in [0.25, 0.3) is 0 Å². The summed E-state index contributed by atoms with van der Waals surface area (Å²) in [6, 6.07) is 9.21. The number of hydrogen-bond acceptors (Lipinski definition) is 4. The van der Waals surface area contributed by atoms with Crippen LogP contribution in [0.3, 0.4) is 0 Å². The monoisotopic (exact) mass is 309 g/mol. The largest absolute Gasteiger partial charge is 0.307 e. The van der Waals surface area contributed by atoms with E-state index in [-0.39, 0.29) is 11.7 Å². The number of nitrogens with zero attached hydrogens (tertiary/aromatic N) is 4. The number of aromatic nitrogens is 4. The number of carbonyl (C=O) groups excluding carboxylic acids is 1. The molecule has 0 radical (unpaired) electrons. The average molecular weight is 309 g/mol. The number of amides is 1. The molecule has 23 heavy (non-hydrogen) atoms. The van der Waals surface area contributed by atoms with Crippen molar-refractivity contribution in [1.29, 1.82) is 0 Å². The Morgan fingerprint density at radius 1 is 1.22 bits per heavy atom. The van der Waals surface area contributed by atoms with E-state index in [1.54, 1.807) is 47.4 Å². The van der Waals surface area contributed by atoms with Crippen molar-refractivity contribution in [2.24, 2.45) is 0 Å². The minimum Gasteiger partial charge on any atom is -0.307 e. The Bertz CT molecular complexity index is 828. The number of anilines is 1. The van der Waals surface area contributed by atoms with Crippen molar-refractivity contribution < 1.29 is 9.18 Å². The SMILES string of the molecule is O=C(/C=C/c1ccc(F)cc1)Nc1cc(-n2cccn2)ncn1. The Kier molecular flexibility index (Phi) is 4.19. The molecule has 2 heterocycles. The first-order chi connectivity index (χ1) is 11.2. The molecule has 6 nitrogen and oxygen atoms in total. The van der Waals surface area contributed by atoms with E-state index in [9.17, 15) is 9.18 Å². The summed E-state index contributed by atoms with van der Waals surface area (Å²) < 4.78 is 14.4. The molecule has 0 atom stereocenters. The number of carbonyl (C=O) groups is 1. The van der Waals surface area contributed by atoms with E-state index in [0.29, 0.717) is 11.6 Å². The molecule has 0 saturated carbocycles. The molecule has 3 rings (SSSR count). The van der Waals surface area contributed by atoms with Crippen molar-refractivity contribution in [3.05, 3.63) is 72.6 Å². The zero-order chi connectivity index (χ0) is 16.1. The highest BCUT2D eigenvalue weighted by atomic mass is 19.1. The summed E-state index contributed by atoms with van der Waals surface area (Å²) >= 11 is 0. The smallest absolute Gasteiger partial charge is 0.249 e. The molecule has 2 aromatic heterocycles. The van der Waals surface area contributed by atoms with Crippen molar-refractivity contribution in [3.63, 3.8) is 0 Å². The van der Waals surface area contributed by atoms with Gasteiger partial charge >= 0.3 is 0 Å². The van der Waals surface area contributed by atoms with Gasteiger partial charge in [0.2, 0.25) is 5.91 Å². The highest BCUT2D eigenvalue weighted by Gasteiger charge is 2.03. The fourth-order valence-electron chi connectivity index (χ4n) is 1.86. The lowest BCUT2D eigenvalue weighted by Gasteiger charge is -2.04. The van der Waals surface area contributed by atoms with Crippen LogP contribution in [0.4, 0.5) is 10.2 Å². The molecule has 0 aliphatic rings. The Morgan fingerprint density at radius 3 is 2.78 bits per heavy atom. The first-order valence-electron chi connectivity index (χ1n) is 6.77. The highest BCUT2D eigenvalue weighted by molar-refractivity contribution is 6.01. The van der Waals surface area contributed by atoms with Crippen molar-refractivity contribution in [1.82, 2.24) is 19.7 Å². The van der Waals surface area contributed by atoms with E-state index >= 15 is 0 Å². The van der Waals surface area contributed by atoms with Gasteiger partial charge in [-0.25, -0.2) is 19.0 Å². The van der Waals surface area contributed by atoms with E-state index in [2.05, 4.69) is 20.4 Å². The minimum absolute atomic E-state index is 0.321. The lowest BCUT2D eigenvalue weighted by Crippen LogP contribution is -2.10. The van der Waals surface area contributed by atoms with Gasteiger partial charge in [0.1, 0.15) is 18.0 Å². The predicted molar refractivity (Wildman–Crippen MR) is 83.2 cm³/mol. The van der Waals surface area contributed by atoms with Crippen LogP contribution < -0.4 is 5.32 Å². The van der Waals surface area contributed by atoms with E-state index in [1.807, 2.05) is 0 Å². The molecule has 0 aliphatic carbocycles. The van der Waals surface area contributed by atoms with Crippen LogP contribution >= 0.6 is 0 Å². The van der Waals surface area contributed by atoms with Crippen LogP contribution in [0.2, 0.25) is 0 Å². The van der Waals surface area contributed by atoms with Crippen LogP contribution in [0.1, 0.15) is 5.56 Å². The highest BCUT2D eigenvalue weighted by Crippen LogP contribution is 2.09. The molecule has 7 heteroatoms. The number of hydrogen-bond donors (Lipinski definition) is 1. The fraction of sp³-hybridized carbons (Fsp3) is 0. The van der Waals surface area contributed by atoms with E-state index in [0.717, 1.165) is 5.56 Å². The second kappa shape index (κ2) is 6.61. The molecule has 0 bridgehead atoms. The van der Waals surface area contributed by atoms with Crippen LogP contribution in [0.25, 0.3) is 11.9 Å². The minimum atomic E-state index is -0.348. The summed E-state index contributed by atoms with van der Waals surface area (Å²) in [6.45, 7) is 0. The number of rotatable bonds is 4. The molecule has 0 saturated heterocycles. The molecule has 0 spiro atoms. The van der Waals surface area contributed by atoms with Gasteiger partial charge in [0, 0.05) is 24.5 Å². The summed E-state index contributed by atoms with van der Waals surface area (Å²) in [4.78, 5) is 20.0. The van der Waals surface area contributed by atoms with Crippen molar-refractivity contribution >= 4 is 17.8 Å². The maximum absolute atomic E-state index is 12.8. The van der Waals surface area contributed by atoms with Crippen molar-refractivity contribution in [3.8, 4) is 5.82 Å². The first-order valence-corrected chi connectivity index (χ1v) is 6.77. The molecule has 114 valence electrons. The van der Waals surface area contributed by atoms with E-state index < -0.39 is 0 Å². The standard InChI is InChI=1S/C16H12FN5O/c17-13-5-2-12(3-6-13)4-7-16(23)21-14-10-15(19-11-18-14)22-9-1-8-20-22/h1-11H,(H,18,19,21,23)/b7-4+. The third-order valence-electron chi connectivity index (χ3n) is 2.94. The molecule has 0 unspecified atom stereocenters. The maximum Gasteiger partial charge on any atom is 0.249 e. The van der Waals surface area contributed by atoms with Gasteiger partial charge in [-0.3, -0.25) is 4.79 Å². The molecular weight excluding hydrogens is 297 g/mol. The van der Waals surface area contributed by atoms with Gasteiger partial charge in [-0.1, -0.05) is 12.1 Å². The average Bonchev–Trinajstić information content (AvgIpc) is 3.09. The lowest BCUT2D eigenvalue weighted by atomic mass is 10.2. The second-order valence-electron chi connectivity index (χ2n) is 4.59. The van der Waals surface area contributed by atoms with Crippen LogP contribution in [0.5, 0.6) is 0 Å². The lowest BCUT2D eigenvalue weighted by molar-refractivity contribution is -0.111. The van der Waals surface area contributed by atoms with Crippen LogP contribution in [0.15, 0.2) is 61.2 Å². The third-order valence-corrected chi connectivity index (χ3v) is 2.94. The summed E-state index contributed by atoms with van der Waals surface area (Å²) in [5, 5.41) is 6.69. The third kappa shape index (κ3) is 3.85. The molecule has 1 N–H and O–H groups in total. The number of nitrogens with one attached hydrogen (secondary N) is 1. The summed E-state index contributed by atoms with van der Waals surface area (Å²) in [7, 11) is 0. The van der Waals surface area contributed by atoms with Crippen molar-refractivity contribution in [2.45, 2.75) is 0 Å². The topological polar surface area (TPSA) is 72.7 Å². The molecule has 1 aromatic carbocycles. The first kappa shape index (κ1) is 14.6. The van der Waals surface area contributed by atoms with Crippen molar-refractivity contribution in [2.75, 3.05) is 5.32 Å². The van der Waals surface area contributed by atoms with Crippen LogP contribution in [-0.4, -0.2) is 25.7 Å². The Morgan fingerprint density at radius 2 is 2.04 bits per heavy atom. The Labute approximate surface area is 131 Å². The predicted octanol–water partition coefficient (Wildman–Crippen LogP) is 2.45. The second-order valence-corrected chi connectivity index (χ2v) is 4.59. The van der Waals surface area contributed by atoms with Crippen LogP contribution in [-0.2, 0) is 4.79 Å². The van der Waals surface area contributed by atoms with Gasteiger partial charge in [-0.15, -0.1) is 0 Å². The number of benzene rings is 1. The summed E-state index contributed by atoms with van der Waals surface area (Å²) in [6.07, 6.45) is 7.65. The van der Waals surface area contributed by atoms with E-state index in [4.69, 9.17) is 0 Å². The zero-order valence-electron chi connectivity index (χ0n) is 11.9. The molecule has 0 fully saturated rings. The van der Waals surface area contributed by atoms with Gasteiger partial charge in [0.15, 0.2) is 5.82 Å². The molecule has 0 aliphatic heterocycles. The normalized spacial score (nSPS) is 10.8. The molecule has 3 aromatic rings. The van der Waals surface area contributed by atoms with E-state index in [1.165, 1.54) is 24.5 Å². The van der Waals surface area contributed by atoms with Gasteiger partial charge in [-0.05, 0) is 29.8 Å². The maximum atomic E-state index is 12.8. The molecule has 1 amide bonds.